The Balaban J connectivity index is 3.10. The van der Waals surface area contributed by atoms with E-state index in [1.54, 1.807) is 13.0 Å². The van der Waals surface area contributed by atoms with Crippen LogP contribution in [0.15, 0.2) is 12.1 Å². The zero-order valence-corrected chi connectivity index (χ0v) is 9.27. The molecule has 0 aromatic heterocycles. The van der Waals surface area contributed by atoms with Crippen molar-refractivity contribution >= 4 is 12.3 Å². The summed E-state index contributed by atoms with van der Waals surface area (Å²) in [5, 5.41) is 18.5. The molecule has 0 amide bonds. The Morgan fingerprint density at radius 3 is 2.82 bits per heavy atom. The summed E-state index contributed by atoms with van der Waals surface area (Å²) < 4.78 is 4.74. The largest absolute Gasteiger partial charge is 0.506 e. The highest BCUT2D eigenvalue weighted by Gasteiger charge is 2.15. The molecule has 0 saturated heterocycles. The number of phenols is 1. The van der Waals surface area contributed by atoms with Gasteiger partial charge in [-0.2, -0.15) is 5.26 Å². The van der Waals surface area contributed by atoms with E-state index in [9.17, 15) is 14.7 Å². The molecular weight excluding hydrogens is 222 g/mol. The van der Waals surface area contributed by atoms with Gasteiger partial charge in [0.15, 0.2) is 6.29 Å². The second-order valence-corrected chi connectivity index (χ2v) is 3.25. The molecule has 0 radical (unpaired) electrons. The highest BCUT2D eigenvalue weighted by atomic mass is 16.5. The lowest BCUT2D eigenvalue weighted by Crippen LogP contribution is -2.09. The molecular formula is C12H11NO4. The average molecular weight is 233 g/mol. The molecule has 0 bridgehead atoms. The Morgan fingerprint density at radius 2 is 2.29 bits per heavy atom. The number of hydrogen-bond acceptors (Lipinski definition) is 5. The summed E-state index contributed by atoms with van der Waals surface area (Å²) in [6, 6.07) is 4.59. The number of aromatic hydroxyl groups is 1. The zero-order chi connectivity index (χ0) is 12.8. The van der Waals surface area contributed by atoms with Crippen LogP contribution in [-0.2, 0) is 16.0 Å². The standard InChI is InChI=1S/C12H11NO4/c1-2-17-11(15)5-8-3-4-9(7-14)12(16)10(8)6-13/h3-4,7,16H,2,5H2,1H3. The van der Waals surface area contributed by atoms with E-state index in [1.165, 1.54) is 12.1 Å². The first-order valence-electron chi connectivity index (χ1n) is 4.99. The van der Waals surface area contributed by atoms with Gasteiger partial charge in [0.1, 0.15) is 11.8 Å². The Kier molecular flexibility index (Phi) is 4.23. The fourth-order valence-corrected chi connectivity index (χ4v) is 1.38. The second kappa shape index (κ2) is 5.66. The highest BCUT2D eigenvalue weighted by molar-refractivity contribution is 5.82. The fourth-order valence-electron chi connectivity index (χ4n) is 1.38. The minimum atomic E-state index is -0.484. The lowest BCUT2D eigenvalue weighted by Gasteiger charge is -2.07. The summed E-state index contributed by atoms with van der Waals surface area (Å²) in [4.78, 5) is 21.8. The number of nitriles is 1. The third-order valence-corrected chi connectivity index (χ3v) is 2.17. The molecule has 0 atom stereocenters. The van der Waals surface area contributed by atoms with Crippen molar-refractivity contribution in [2.24, 2.45) is 0 Å². The molecule has 1 N–H and O–H groups in total. The van der Waals surface area contributed by atoms with Crippen molar-refractivity contribution in [3.05, 3.63) is 28.8 Å². The minimum Gasteiger partial charge on any atom is -0.506 e. The van der Waals surface area contributed by atoms with Crippen molar-refractivity contribution in [1.82, 2.24) is 0 Å². The number of carbonyl (C=O) groups excluding carboxylic acids is 2. The van der Waals surface area contributed by atoms with E-state index in [4.69, 9.17) is 10.00 Å². The van der Waals surface area contributed by atoms with E-state index in [2.05, 4.69) is 0 Å². The van der Waals surface area contributed by atoms with Crippen LogP contribution in [0.1, 0.15) is 28.4 Å². The topological polar surface area (TPSA) is 87.4 Å². The monoisotopic (exact) mass is 233 g/mol. The molecule has 5 nitrogen and oxygen atoms in total. The smallest absolute Gasteiger partial charge is 0.310 e. The third-order valence-electron chi connectivity index (χ3n) is 2.17. The number of esters is 1. The van der Waals surface area contributed by atoms with Crippen LogP contribution >= 0.6 is 0 Å². The molecule has 0 unspecified atom stereocenters. The van der Waals surface area contributed by atoms with Crippen LogP contribution in [-0.4, -0.2) is 24.0 Å². The van der Waals surface area contributed by atoms with Gasteiger partial charge in [0.25, 0.3) is 0 Å². The Bertz CT molecular complexity index is 488. The molecule has 17 heavy (non-hydrogen) atoms. The van der Waals surface area contributed by atoms with E-state index in [0.717, 1.165) is 0 Å². The quantitative estimate of drug-likeness (QED) is 0.623. The maximum absolute atomic E-state index is 11.3. The second-order valence-electron chi connectivity index (χ2n) is 3.25. The van der Waals surface area contributed by atoms with Gasteiger partial charge >= 0.3 is 5.97 Å². The van der Waals surface area contributed by atoms with E-state index in [1.807, 2.05) is 0 Å². The predicted octanol–water partition coefficient (Wildman–Crippen LogP) is 1.18. The molecule has 1 aromatic rings. The lowest BCUT2D eigenvalue weighted by atomic mass is 10.0. The summed E-state index contributed by atoms with van der Waals surface area (Å²) in [5.41, 5.74) is 0.297. The number of benzene rings is 1. The minimum absolute atomic E-state index is 0.0224. The van der Waals surface area contributed by atoms with E-state index in [0.29, 0.717) is 11.8 Å². The molecule has 5 heteroatoms. The van der Waals surface area contributed by atoms with Crippen molar-refractivity contribution in [2.45, 2.75) is 13.3 Å². The molecule has 1 rings (SSSR count). The summed E-state index contributed by atoms with van der Waals surface area (Å²) in [6.45, 7) is 1.93. The summed E-state index contributed by atoms with van der Waals surface area (Å²) in [6.07, 6.45) is 0.341. The molecule has 0 aliphatic rings. The predicted molar refractivity (Wildman–Crippen MR) is 58.5 cm³/mol. The molecule has 0 saturated carbocycles. The van der Waals surface area contributed by atoms with Crippen molar-refractivity contribution < 1.29 is 19.4 Å². The van der Waals surface area contributed by atoms with Crippen LogP contribution in [0.4, 0.5) is 0 Å². The Hall–Kier alpha value is -2.35. The Labute approximate surface area is 98.2 Å². The van der Waals surface area contributed by atoms with Crippen molar-refractivity contribution in [1.29, 1.82) is 5.26 Å². The summed E-state index contributed by atoms with van der Waals surface area (Å²) >= 11 is 0. The Morgan fingerprint density at radius 1 is 1.59 bits per heavy atom. The average Bonchev–Trinajstić information content (AvgIpc) is 2.30. The number of ether oxygens (including phenoxy) is 1. The molecule has 88 valence electrons. The van der Waals surface area contributed by atoms with Crippen molar-refractivity contribution in [3.63, 3.8) is 0 Å². The van der Waals surface area contributed by atoms with Crippen LogP contribution in [0, 0.1) is 11.3 Å². The summed E-state index contributed by atoms with van der Waals surface area (Å²) in [5.74, 6) is -0.883. The van der Waals surface area contributed by atoms with E-state index in [-0.39, 0.29) is 24.2 Å². The van der Waals surface area contributed by atoms with Crippen LogP contribution in [0.2, 0.25) is 0 Å². The zero-order valence-electron chi connectivity index (χ0n) is 9.27. The molecule has 0 heterocycles. The first-order valence-corrected chi connectivity index (χ1v) is 4.99. The van der Waals surface area contributed by atoms with Gasteiger partial charge in [0.2, 0.25) is 0 Å². The third kappa shape index (κ3) is 2.82. The first-order chi connectivity index (χ1) is 8.13. The molecule has 0 aliphatic carbocycles. The van der Waals surface area contributed by atoms with Crippen molar-refractivity contribution in [2.75, 3.05) is 6.61 Å². The van der Waals surface area contributed by atoms with Gasteiger partial charge < -0.3 is 9.84 Å². The number of carbonyl (C=O) groups is 2. The molecule has 0 spiro atoms. The van der Waals surface area contributed by atoms with Gasteiger partial charge in [0, 0.05) is 0 Å². The maximum Gasteiger partial charge on any atom is 0.310 e. The molecule has 0 aliphatic heterocycles. The van der Waals surface area contributed by atoms with Crippen LogP contribution in [0.3, 0.4) is 0 Å². The number of phenolic OH excluding ortho intramolecular Hbond substituents is 1. The first kappa shape index (κ1) is 12.7. The van der Waals surface area contributed by atoms with E-state index >= 15 is 0 Å². The van der Waals surface area contributed by atoms with Crippen LogP contribution < -0.4 is 0 Å². The van der Waals surface area contributed by atoms with Gasteiger partial charge in [-0.3, -0.25) is 9.59 Å². The summed E-state index contributed by atoms with van der Waals surface area (Å²) in [7, 11) is 0. The van der Waals surface area contributed by atoms with Crippen LogP contribution in [0.25, 0.3) is 0 Å². The number of hydrogen-bond donors (Lipinski definition) is 1. The maximum atomic E-state index is 11.3. The molecule has 1 aromatic carbocycles. The molecule has 0 fully saturated rings. The van der Waals surface area contributed by atoms with Gasteiger partial charge in [-0.1, -0.05) is 6.07 Å². The number of rotatable bonds is 4. The fraction of sp³-hybridized carbons (Fsp3) is 0.250. The van der Waals surface area contributed by atoms with Crippen molar-refractivity contribution in [3.8, 4) is 11.8 Å². The SMILES string of the molecule is CCOC(=O)Cc1ccc(C=O)c(O)c1C#N. The van der Waals surface area contributed by atoms with Gasteiger partial charge in [0.05, 0.1) is 24.2 Å². The van der Waals surface area contributed by atoms with E-state index < -0.39 is 11.7 Å². The van der Waals surface area contributed by atoms with Crippen LogP contribution in [0.5, 0.6) is 5.75 Å². The van der Waals surface area contributed by atoms with Gasteiger partial charge in [-0.25, -0.2) is 0 Å². The number of nitrogens with zero attached hydrogens (tertiary/aromatic N) is 1. The van der Waals surface area contributed by atoms with Gasteiger partial charge in [-0.05, 0) is 18.6 Å². The highest BCUT2D eigenvalue weighted by Crippen LogP contribution is 2.24. The normalized spacial score (nSPS) is 9.41. The number of aldehydes is 1. The van der Waals surface area contributed by atoms with Gasteiger partial charge in [-0.15, -0.1) is 0 Å². The lowest BCUT2D eigenvalue weighted by molar-refractivity contribution is -0.142.